The molecule has 11 nitrogen and oxygen atoms in total. The van der Waals surface area contributed by atoms with E-state index in [-0.39, 0.29) is 0 Å². The van der Waals surface area contributed by atoms with Crippen molar-refractivity contribution in [3.8, 4) is 0 Å². The van der Waals surface area contributed by atoms with Crippen LogP contribution >= 0.6 is 0 Å². The minimum atomic E-state index is -3.05. The third-order valence-corrected chi connectivity index (χ3v) is 3.68. The van der Waals surface area contributed by atoms with E-state index < -0.39 is 67.8 Å². The number of aliphatic hydroxyl groups is 10. The van der Waals surface area contributed by atoms with Crippen LogP contribution in [0.15, 0.2) is 0 Å². The van der Waals surface area contributed by atoms with Crippen molar-refractivity contribution in [1.29, 1.82) is 0 Å². The predicted octanol–water partition coefficient (Wildman–Crippen LogP) is -6.42. The molecular weight excluding hydrogens is 308 g/mol. The number of rotatable bonds is 6. The Balaban J connectivity index is 2.99. The van der Waals surface area contributed by atoms with Crippen molar-refractivity contribution in [3.05, 3.63) is 0 Å². The molecule has 1 rings (SSSR count). The summed E-state index contributed by atoms with van der Waals surface area (Å²) in [6, 6.07) is 0. The molecule has 0 aliphatic carbocycles. The molecule has 0 bridgehead atoms. The van der Waals surface area contributed by atoms with Gasteiger partial charge in [-0.3, -0.25) is 0 Å². The van der Waals surface area contributed by atoms with Gasteiger partial charge in [-0.2, -0.15) is 0 Å². The zero-order valence-electron chi connectivity index (χ0n) is 11.4. The summed E-state index contributed by atoms with van der Waals surface area (Å²) in [5, 5.41) is 95.0. The standard InChI is InChI=1S/C11H22O11/c12-1-3(14)5(15)7(17)9(19)11(21)10(20)8(18)6(16)4(2-13)22-11/h3-10,12-21H,1-2H2/t3-,4+,5?,6+,7+,8-,9?,10-,11+/m0/s1. The minimum absolute atomic E-state index is 0.891. The molecule has 1 heterocycles. The monoisotopic (exact) mass is 330 g/mol. The predicted molar refractivity (Wildman–Crippen MR) is 66.0 cm³/mol. The van der Waals surface area contributed by atoms with Crippen LogP contribution in [-0.2, 0) is 4.74 Å². The van der Waals surface area contributed by atoms with Crippen molar-refractivity contribution < 1.29 is 55.8 Å². The third kappa shape index (κ3) is 3.39. The van der Waals surface area contributed by atoms with Crippen LogP contribution in [-0.4, -0.2) is 119 Å². The van der Waals surface area contributed by atoms with E-state index in [1.54, 1.807) is 0 Å². The fraction of sp³-hybridized carbons (Fsp3) is 1.00. The van der Waals surface area contributed by atoms with Crippen molar-refractivity contribution >= 4 is 0 Å². The average Bonchev–Trinajstić information content (AvgIpc) is 2.53. The lowest BCUT2D eigenvalue weighted by Gasteiger charge is -2.48. The molecule has 1 aliphatic rings. The SMILES string of the molecule is OC[C@H](O)C(O)[C@@H](O)C(O)[C@@]1(O)O[C@H](CO)[C@@H](O)[C@H](O)[C@@H]1O. The Labute approximate surface area is 124 Å². The zero-order valence-corrected chi connectivity index (χ0v) is 11.4. The van der Waals surface area contributed by atoms with E-state index in [0.29, 0.717) is 0 Å². The van der Waals surface area contributed by atoms with E-state index in [9.17, 15) is 40.9 Å². The number of aliphatic hydroxyl groups excluding tert-OH is 9. The zero-order chi connectivity index (χ0) is 17.2. The lowest BCUT2D eigenvalue weighted by atomic mass is 9.86. The molecule has 0 amide bonds. The Hall–Kier alpha value is -0.440. The van der Waals surface area contributed by atoms with Gasteiger partial charge in [0.15, 0.2) is 0 Å². The molecule has 2 unspecified atom stereocenters. The van der Waals surface area contributed by atoms with Gasteiger partial charge in [-0.15, -0.1) is 0 Å². The van der Waals surface area contributed by atoms with Gasteiger partial charge < -0.3 is 55.8 Å². The molecule has 0 aromatic rings. The molecule has 0 aromatic carbocycles. The van der Waals surface area contributed by atoms with Gasteiger partial charge in [0.2, 0.25) is 5.79 Å². The molecule has 1 saturated heterocycles. The van der Waals surface area contributed by atoms with Gasteiger partial charge in [0.25, 0.3) is 0 Å². The molecule has 0 radical (unpaired) electrons. The highest BCUT2D eigenvalue weighted by Gasteiger charge is 2.58. The van der Waals surface area contributed by atoms with E-state index in [1.807, 2.05) is 0 Å². The highest BCUT2D eigenvalue weighted by atomic mass is 16.7. The van der Waals surface area contributed by atoms with E-state index in [2.05, 4.69) is 0 Å². The fourth-order valence-corrected chi connectivity index (χ4v) is 2.19. The summed E-state index contributed by atoms with van der Waals surface area (Å²) in [6.07, 6.45) is -16.4. The van der Waals surface area contributed by atoms with Crippen LogP contribution in [0.4, 0.5) is 0 Å². The second-order valence-electron chi connectivity index (χ2n) is 5.19. The molecule has 0 spiro atoms. The molecule has 1 aliphatic heterocycles. The molecule has 132 valence electrons. The molecule has 11 heteroatoms. The quantitative estimate of drug-likeness (QED) is 0.221. The van der Waals surface area contributed by atoms with Crippen LogP contribution in [0.5, 0.6) is 0 Å². The van der Waals surface area contributed by atoms with Gasteiger partial charge in [0.1, 0.15) is 48.8 Å². The first kappa shape index (κ1) is 19.6. The Kier molecular flexibility index (Phi) is 6.61. The molecule has 10 N–H and O–H groups in total. The second kappa shape index (κ2) is 7.42. The topological polar surface area (TPSA) is 212 Å². The van der Waals surface area contributed by atoms with Gasteiger partial charge >= 0.3 is 0 Å². The first-order valence-electron chi connectivity index (χ1n) is 6.50. The summed E-state index contributed by atoms with van der Waals surface area (Å²) in [4.78, 5) is 0. The van der Waals surface area contributed by atoms with Crippen LogP contribution in [0.2, 0.25) is 0 Å². The fourth-order valence-electron chi connectivity index (χ4n) is 2.19. The van der Waals surface area contributed by atoms with Crippen molar-refractivity contribution in [2.24, 2.45) is 0 Å². The second-order valence-corrected chi connectivity index (χ2v) is 5.19. The van der Waals surface area contributed by atoms with Crippen molar-refractivity contribution in [2.45, 2.75) is 54.6 Å². The van der Waals surface area contributed by atoms with Gasteiger partial charge in [-0.1, -0.05) is 0 Å². The van der Waals surface area contributed by atoms with Gasteiger partial charge in [0.05, 0.1) is 13.2 Å². The molecule has 0 saturated carbocycles. The van der Waals surface area contributed by atoms with E-state index in [0.717, 1.165) is 0 Å². The minimum Gasteiger partial charge on any atom is -0.394 e. The lowest BCUT2D eigenvalue weighted by Crippen LogP contribution is -2.72. The summed E-state index contributed by atoms with van der Waals surface area (Å²) in [5.74, 6) is -3.05. The molecular formula is C11H22O11. The van der Waals surface area contributed by atoms with Gasteiger partial charge in [0, 0.05) is 0 Å². The first-order chi connectivity index (χ1) is 10.1. The third-order valence-electron chi connectivity index (χ3n) is 3.68. The maximum absolute atomic E-state index is 10.2. The smallest absolute Gasteiger partial charge is 0.224 e. The number of hydrogen-bond donors (Lipinski definition) is 10. The molecule has 0 aromatic heterocycles. The highest BCUT2D eigenvalue weighted by molar-refractivity contribution is 5.02. The summed E-state index contributed by atoms with van der Waals surface area (Å²) < 4.78 is 4.74. The Morgan fingerprint density at radius 1 is 0.909 bits per heavy atom. The largest absolute Gasteiger partial charge is 0.394 e. The number of hydrogen-bond acceptors (Lipinski definition) is 11. The van der Waals surface area contributed by atoms with Crippen molar-refractivity contribution in [1.82, 2.24) is 0 Å². The van der Waals surface area contributed by atoms with Crippen LogP contribution in [0.25, 0.3) is 0 Å². The van der Waals surface area contributed by atoms with Crippen LogP contribution in [0.1, 0.15) is 0 Å². The van der Waals surface area contributed by atoms with E-state index in [4.69, 9.17) is 14.9 Å². The van der Waals surface area contributed by atoms with E-state index in [1.165, 1.54) is 0 Å². The van der Waals surface area contributed by atoms with Crippen LogP contribution in [0.3, 0.4) is 0 Å². The Bertz CT molecular complexity index is 353. The maximum Gasteiger partial charge on any atom is 0.224 e. The normalized spacial score (nSPS) is 41.7. The Morgan fingerprint density at radius 2 is 1.45 bits per heavy atom. The summed E-state index contributed by atoms with van der Waals surface area (Å²) in [7, 11) is 0. The molecule has 1 fully saturated rings. The van der Waals surface area contributed by atoms with Gasteiger partial charge in [-0.25, -0.2) is 0 Å². The van der Waals surface area contributed by atoms with Gasteiger partial charge in [-0.05, 0) is 0 Å². The van der Waals surface area contributed by atoms with Crippen molar-refractivity contribution in [2.75, 3.05) is 13.2 Å². The van der Waals surface area contributed by atoms with Crippen LogP contribution < -0.4 is 0 Å². The summed E-state index contributed by atoms with van der Waals surface area (Å²) in [6.45, 7) is -1.86. The highest BCUT2D eigenvalue weighted by Crippen LogP contribution is 2.32. The average molecular weight is 330 g/mol. The molecule has 22 heavy (non-hydrogen) atoms. The summed E-state index contributed by atoms with van der Waals surface area (Å²) in [5.41, 5.74) is 0. The molecule has 9 atom stereocenters. The Morgan fingerprint density at radius 3 is 1.91 bits per heavy atom. The van der Waals surface area contributed by atoms with Crippen LogP contribution in [0, 0.1) is 0 Å². The van der Waals surface area contributed by atoms with E-state index >= 15 is 0 Å². The summed E-state index contributed by atoms with van der Waals surface area (Å²) >= 11 is 0. The lowest BCUT2D eigenvalue weighted by molar-refractivity contribution is -0.386. The number of ether oxygens (including phenoxy) is 1. The first-order valence-corrected chi connectivity index (χ1v) is 6.50. The van der Waals surface area contributed by atoms with Crippen molar-refractivity contribution in [3.63, 3.8) is 0 Å². The maximum atomic E-state index is 10.2.